The summed E-state index contributed by atoms with van der Waals surface area (Å²) < 4.78 is 4.89. The van der Waals surface area contributed by atoms with E-state index in [4.69, 9.17) is 29.9 Å². The summed E-state index contributed by atoms with van der Waals surface area (Å²) in [7, 11) is 0. The van der Waals surface area contributed by atoms with Crippen LogP contribution < -0.4 is 0 Å². The topological polar surface area (TPSA) is 77.3 Å². The van der Waals surface area contributed by atoms with E-state index in [1.807, 2.05) is 53.0 Å². The maximum absolute atomic E-state index is 5.30. The van der Waals surface area contributed by atoms with Gasteiger partial charge in [0.1, 0.15) is 0 Å². The first-order chi connectivity index (χ1) is 61.4. The number of aromatic nitrogens is 6. The highest BCUT2D eigenvalue weighted by Crippen LogP contribution is 2.59. The molecule has 6 nitrogen and oxygen atoms in total. The molecule has 0 radical (unpaired) electrons. The van der Waals surface area contributed by atoms with Gasteiger partial charge in [0, 0.05) is 73.7 Å². The van der Waals surface area contributed by atoms with Gasteiger partial charge in [-0.15, -0.1) is 22.7 Å². The van der Waals surface area contributed by atoms with Crippen molar-refractivity contribution in [3.63, 3.8) is 0 Å². The average molecular weight is 1620 g/mol. The molecule has 2 aliphatic rings. The monoisotopic (exact) mass is 1610 g/mol. The van der Waals surface area contributed by atoms with E-state index < -0.39 is 10.8 Å². The maximum Gasteiger partial charge on any atom is 0.164 e. The summed E-state index contributed by atoms with van der Waals surface area (Å²) in [6.45, 7) is 0. The molecule has 124 heavy (non-hydrogen) atoms. The smallest absolute Gasteiger partial charge is 0.164 e. The normalized spacial score (nSPS) is 12.6. The van der Waals surface area contributed by atoms with E-state index in [-0.39, 0.29) is 0 Å². The van der Waals surface area contributed by atoms with Crippen LogP contribution in [0, 0.1) is 0 Å². The Bertz CT molecular complexity index is 7670. The van der Waals surface area contributed by atoms with Crippen molar-refractivity contribution in [3.05, 3.63) is 493 Å². The minimum Gasteiger partial charge on any atom is -0.208 e. The van der Waals surface area contributed by atoms with Crippen LogP contribution in [0.4, 0.5) is 0 Å². The Labute approximate surface area is 726 Å². The molecule has 18 aromatic carbocycles. The molecule has 0 aliphatic heterocycles. The predicted molar refractivity (Wildman–Crippen MR) is 514 cm³/mol. The fraction of sp³-hybridized carbons (Fsp3) is 0.0172. The second-order valence-electron chi connectivity index (χ2n) is 31.8. The average Bonchev–Trinajstić information content (AvgIpc) is 1.54. The molecule has 2 aliphatic carbocycles. The van der Waals surface area contributed by atoms with Crippen molar-refractivity contribution in [1.82, 2.24) is 29.9 Å². The van der Waals surface area contributed by atoms with Crippen LogP contribution in [0.15, 0.2) is 449 Å². The molecule has 0 amide bonds. The molecule has 0 N–H and O–H groups in total. The molecule has 580 valence electrons. The molecule has 22 aromatic rings. The van der Waals surface area contributed by atoms with Crippen LogP contribution in [0.25, 0.3) is 175 Å². The highest BCUT2D eigenvalue weighted by atomic mass is 32.1. The zero-order chi connectivity index (χ0) is 82.1. The lowest BCUT2D eigenvalue weighted by Crippen LogP contribution is -2.28. The summed E-state index contributed by atoms with van der Waals surface area (Å²) in [6.07, 6.45) is 0. The van der Waals surface area contributed by atoms with E-state index >= 15 is 0 Å². The van der Waals surface area contributed by atoms with Gasteiger partial charge < -0.3 is 0 Å². The molecule has 24 rings (SSSR count). The van der Waals surface area contributed by atoms with E-state index in [0.29, 0.717) is 34.9 Å². The van der Waals surface area contributed by atoms with Gasteiger partial charge in [0.15, 0.2) is 34.9 Å². The Morgan fingerprint density at radius 3 is 0.879 bits per heavy atom. The molecule has 0 atom stereocenters. The fourth-order valence-electron chi connectivity index (χ4n) is 19.2. The van der Waals surface area contributed by atoms with Crippen LogP contribution in [-0.4, -0.2) is 29.9 Å². The Hall–Kier alpha value is -15.6. The Kier molecular flexibility index (Phi) is 18.3. The van der Waals surface area contributed by atoms with E-state index in [2.05, 4.69) is 419 Å². The van der Waals surface area contributed by atoms with Crippen molar-refractivity contribution in [3.8, 4) is 135 Å². The lowest BCUT2D eigenvalue weighted by molar-refractivity contribution is 0.770. The van der Waals surface area contributed by atoms with Gasteiger partial charge >= 0.3 is 0 Å². The van der Waals surface area contributed by atoms with Crippen LogP contribution >= 0.6 is 22.7 Å². The van der Waals surface area contributed by atoms with Crippen molar-refractivity contribution >= 4 is 63.0 Å². The lowest BCUT2D eigenvalue weighted by atomic mass is 9.67. The highest BCUT2D eigenvalue weighted by molar-refractivity contribution is 7.26. The highest BCUT2D eigenvalue weighted by Gasteiger charge is 2.48. The Morgan fingerprint density at radius 1 is 0.153 bits per heavy atom. The summed E-state index contributed by atoms with van der Waals surface area (Å²) in [5, 5.41) is 4.76. The van der Waals surface area contributed by atoms with Crippen LogP contribution in [0.5, 0.6) is 0 Å². The zero-order valence-corrected chi connectivity index (χ0v) is 68.9. The van der Waals surface area contributed by atoms with E-state index in [0.717, 1.165) is 72.1 Å². The van der Waals surface area contributed by atoms with Crippen LogP contribution in [0.3, 0.4) is 0 Å². The minimum absolute atomic E-state index is 0.466. The van der Waals surface area contributed by atoms with Gasteiger partial charge in [-0.05, 0) is 178 Å². The van der Waals surface area contributed by atoms with Gasteiger partial charge in [-0.1, -0.05) is 382 Å². The first kappa shape index (κ1) is 73.6. The van der Waals surface area contributed by atoms with Gasteiger partial charge in [0.25, 0.3) is 0 Å². The first-order valence-electron chi connectivity index (χ1n) is 42.0. The summed E-state index contributed by atoms with van der Waals surface area (Å²) >= 11 is 3.66. The summed E-state index contributed by atoms with van der Waals surface area (Å²) in [4.78, 5) is 31.3. The molecule has 0 saturated carbocycles. The van der Waals surface area contributed by atoms with Gasteiger partial charge in [-0.25, -0.2) is 29.9 Å². The minimum atomic E-state index is -0.477. The quantitative estimate of drug-likeness (QED) is 0.108. The molecule has 0 spiro atoms. The molecule has 0 unspecified atom stereocenters. The fourth-order valence-corrected chi connectivity index (χ4v) is 21.4. The number of fused-ring (bicyclic) bond motifs is 12. The van der Waals surface area contributed by atoms with Crippen molar-refractivity contribution in [2.75, 3.05) is 0 Å². The SMILES string of the molecule is c1ccc(-c2cccc(-c3cccc(-c4nc(-c5ccccc5)nc(-c5cccc6sc7cc(C8(c9ccccc9)c9ccccc9-c9ccccc98)ccc7c56)n4)c3)c2)cc1.c1ccc(-c2cccc(-c3nc(-c4cccc(-c5ccccc5)c4)nc(-c4ccc5sc6ccc(C7(c8ccccc8)c8ccccc8-c8ccccc87)cc6c5c4)n3)c2)cc1. The third kappa shape index (κ3) is 12.7. The van der Waals surface area contributed by atoms with Crippen LogP contribution in [0.2, 0.25) is 0 Å². The molecule has 0 saturated heterocycles. The van der Waals surface area contributed by atoms with E-state index in [9.17, 15) is 0 Å². The number of thiophene rings is 2. The zero-order valence-electron chi connectivity index (χ0n) is 67.2. The number of benzene rings is 18. The number of hydrogen-bond donors (Lipinski definition) is 0. The Balaban J connectivity index is 0.000000143. The summed E-state index contributed by atoms with van der Waals surface area (Å²) in [5.41, 5.74) is 29.3. The van der Waals surface area contributed by atoms with Crippen molar-refractivity contribution in [2.24, 2.45) is 0 Å². The molecule has 0 fully saturated rings. The van der Waals surface area contributed by atoms with Crippen molar-refractivity contribution < 1.29 is 0 Å². The summed E-state index contributed by atoms with van der Waals surface area (Å²) in [6, 6.07) is 161. The number of rotatable bonds is 14. The van der Waals surface area contributed by atoms with Gasteiger partial charge in [0.2, 0.25) is 0 Å². The molecule has 0 bridgehead atoms. The molecule has 4 heterocycles. The van der Waals surface area contributed by atoms with E-state index in [1.165, 1.54) is 113 Å². The molecular weight excluding hydrogens is 1540 g/mol. The maximum atomic E-state index is 5.30. The third-order valence-corrected chi connectivity index (χ3v) is 27.1. The van der Waals surface area contributed by atoms with Crippen LogP contribution in [-0.2, 0) is 10.8 Å². The third-order valence-electron chi connectivity index (χ3n) is 24.8. The van der Waals surface area contributed by atoms with Gasteiger partial charge in [0.05, 0.1) is 10.8 Å². The summed E-state index contributed by atoms with van der Waals surface area (Å²) in [5.74, 6) is 3.83. The molecule has 4 aromatic heterocycles. The number of nitrogens with zero attached hydrogens (tertiary/aromatic N) is 6. The second-order valence-corrected chi connectivity index (χ2v) is 34.0. The van der Waals surface area contributed by atoms with Gasteiger partial charge in [-0.2, -0.15) is 0 Å². The van der Waals surface area contributed by atoms with Gasteiger partial charge in [-0.3, -0.25) is 0 Å². The Morgan fingerprint density at radius 2 is 0.444 bits per heavy atom. The molecular formula is C116H74N6S2. The molecule has 8 heteroatoms. The second kappa shape index (κ2) is 30.9. The predicted octanol–water partition coefficient (Wildman–Crippen LogP) is 29.9. The number of hydrogen-bond acceptors (Lipinski definition) is 8. The first-order valence-corrected chi connectivity index (χ1v) is 43.6. The van der Waals surface area contributed by atoms with Crippen molar-refractivity contribution in [2.45, 2.75) is 10.8 Å². The largest absolute Gasteiger partial charge is 0.208 e. The van der Waals surface area contributed by atoms with Crippen LogP contribution in [0.1, 0.15) is 44.5 Å². The van der Waals surface area contributed by atoms with E-state index in [1.54, 1.807) is 0 Å². The lowest BCUT2D eigenvalue weighted by Gasteiger charge is -2.34. The standard InChI is InChI=1S/2C58H37N3S/c1-4-17-38(18-5-1)40-21-14-22-41(35-40)42-23-15-24-43(36-42)56-59-55(39-19-6-2-7-20-39)60-57(61-56)49-29-16-32-52-54(49)48-34-33-45(37-53(48)62-52)58(44-25-8-3-9-26-44)50-30-12-10-27-46(50)47-28-11-13-31-51(47)58;1-4-16-38(17-5-1)40-20-14-22-42(34-40)55-59-56(43-23-15-21-41(35-43)39-18-6-2-7-19-39)61-57(60-55)44-30-32-53-49(36-44)50-37-46(31-33-54(50)62-53)58(45-24-8-3-9-25-45)51-28-12-10-26-47(51)48-27-11-13-29-52(48)58/h2*1-37H. The van der Waals surface area contributed by atoms with Crippen molar-refractivity contribution in [1.29, 1.82) is 0 Å².